The number of carbonyl (C=O) groups is 1. The van der Waals surface area contributed by atoms with Crippen molar-refractivity contribution in [2.75, 3.05) is 0 Å². The average molecular weight is 292 g/mol. The van der Waals surface area contributed by atoms with E-state index in [1.165, 1.54) is 0 Å². The molecule has 0 aliphatic rings. The molecular formula is C11H9Cl3N2O. The van der Waals surface area contributed by atoms with Crippen LogP contribution in [0.1, 0.15) is 10.4 Å². The van der Waals surface area contributed by atoms with Gasteiger partial charge in [0.1, 0.15) is 0 Å². The maximum atomic E-state index is 11.9. The van der Waals surface area contributed by atoms with Crippen molar-refractivity contribution in [1.82, 2.24) is 9.55 Å². The highest BCUT2D eigenvalue weighted by atomic mass is 35.5. The van der Waals surface area contributed by atoms with Crippen molar-refractivity contribution in [3.05, 3.63) is 52.5 Å². The highest BCUT2D eigenvalue weighted by molar-refractivity contribution is 6.39. The van der Waals surface area contributed by atoms with Gasteiger partial charge in [-0.05, 0) is 12.1 Å². The van der Waals surface area contributed by atoms with Crippen LogP contribution in [0.3, 0.4) is 0 Å². The van der Waals surface area contributed by atoms with Gasteiger partial charge in [0.2, 0.25) is 0 Å². The zero-order valence-electron chi connectivity index (χ0n) is 8.64. The maximum absolute atomic E-state index is 11.9. The Balaban J connectivity index is 0.00000144. The summed E-state index contributed by atoms with van der Waals surface area (Å²) in [5, 5.41) is 0.746. The van der Waals surface area contributed by atoms with E-state index in [9.17, 15) is 4.79 Å². The molecule has 1 aromatic heterocycles. The van der Waals surface area contributed by atoms with E-state index in [2.05, 4.69) is 4.98 Å². The summed E-state index contributed by atoms with van der Waals surface area (Å²) in [6, 6.07) is 5.00. The topological polar surface area (TPSA) is 34.9 Å². The van der Waals surface area contributed by atoms with Crippen molar-refractivity contribution in [2.45, 2.75) is 6.54 Å². The van der Waals surface area contributed by atoms with Crippen LogP contribution in [-0.4, -0.2) is 15.3 Å². The Bertz CT molecular complexity index is 491. The summed E-state index contributed by atoms with van der Waals surface area (Å²) in [5.74, 6) is -0.131. The lowest BCUT2D eigenvalue weighted by Gasteiger charge is -2.06. The number of Topliss-reactive ketones (excluding diaryl/α,β-unsaturated/α-hetero) is 1. The van der Waals surface area contributed by atoms with Crippen molar-refractivity contribution < 1.29 is 4.79 Å². The Morgan fingerprint density at radius 2 is 1.94 bits per heavy atom. The molecule has 90 valence electrons. The Hall–Kier alpha value is -1.03. The van der Waals surface area contributed by atoms with E-state index in [1.54, 1.807) is 41.5 Å². The number of carbonyl (C=O) groups excluding carboxylic acids is 1. The monoisotopic (exact) mass is 290 g/mol. The van der Waals surface area contributed by atoms with Gasteiger partial charge in [0.25, 0.3) is 0 Å². The number of ketones is 1. The van der Waals surface area contributed by atoms with Crippen LogP contribution >= 0.6 is 35.6 Å². The molecule has 3 nitrogen and oxygen atoms in total. The number of hydrogen-bond donors (Lipinski definition) is 0. The molecule has 0 radical (unpaired) electrons. The third-order valence-corrected chi connectivity index (χ3v) is 2.76. The second-order valence-electron chi connectivity index (χ2n) is 3.25. The van der Waals surface area contributed by atoms with Crippen molar-refractivity contribution in [3.63, 3.8) is 0 Å². The lowest BCUT2D eigenvalue weighted by molar-refractivity contribution is 0.0972. The predicted octanol–water partition coefficient (Wildman–Crippen LogP) is 3.49. The SMILES string of the molecule is Cl.O=C(Cn1ccnc1)c1c(Cl)cccc1Cl. The van der Waals surface area contributed by atoms with Crippen LogP contribution in [0.2, 0.25) is 10.0 Å². The van der Waals surface area contributed by atoms with Gasteiger partial charge in [0, 0.05) is 12.4 Å². The van der Waals surface area contributed by atoms with E-state index >= 15 is 0 Å². The molecule has 0 atom stereocenters. The van der Waals surface area contributed by atoms with Crippen LogP contribution in [-0.2, 0) is 6.54 Å². The Morgan fingerprint density at radius 3 is 2.47 bits per heavy atom. The summed E-state index contributed by atoms with van der Waals surface area (Å²) < 4.78 is 1.67. The second-order valence-corrected chi connectivity index (χ2v) is 4.07. The molecule has 6 heteroatoms. The number of benzene rings is 1. The standard InChI is InChI=1S/C11H8Cl2N2O.ClH/c12-8-2-1-3-9(13)11(8)10(16)6-15-5-4-14-7-15;/h1-5,7H,6H2;1H. The Labute approximate surface area is 115 Å². The van der Waals surface area contributed by atoms with Crippen LogP contribution in [0.4, 0.5) is 0 Å². The van der Waals surface area contributed by atoms with Crippen LogP contribution in [0.25, 0.3) is 0 Å². The van der Waals surface area contributed by atoms with E-state index in [-0.39, 0.29) is 24.7 Å². The summed E-state index contributed by atoms with van der Waals surface area (Å²) in [4.78, 5) is 15.8. The van der Waals surface area contributed by atoms with Crippen molar-refractivity contribution in [3.8, 4) is 0 Å². The summed E-state index contributed by atoms with van der Waals surface area (Å²) in [7, 11) is 0. The molecule has 0 saturated carbocycles. The van der Waals surface area contributed by atoms with Gasteiger partial charge >= 0.3 is 0 Å². The number of rotatable bonds is 3. The summed E-state index contributed by atoms with van der Waals surface area (Å²) in [6.07, 6.45) is 4.90. The van der Waals surface area contributed by atoms with Gasteiger partial charge < -0.3 is 4.57 Å². The Kier molecular flexibility index (Phi) is 5.00. The van der Waals surface area contributed by atoms with Crippen LogP contribution in [0, 0.1) is 0 Å². The second kappa shape index (κ2) is 6.05. The first-order chi connectivity index (χ1) is 7.68. The first-order valence-electron chi connectivity index (χ1n) is 4.61. The molecule has 2 aromatic rings. The smallest absolute Gasteiger partial charge is 0.185 e. The average Bonchev–Trinajstić information content (AvgIpc) is 2.70. The molecule has 0 aliphatic heterocycles. The lowest BCUT2D eigenvalue weighted by atomic mass is 10.1. The molecule has 1 heterocycles. The van der Waals surface area contributed by atoms with Gasteiger partial charge in [0.15, 0.2) is 5.78 Å². The third kappa shape index (κ3) is 3.22. The van der Waals surface area contributed by atoms with Gasteiger partial charge in [0.05, 0.1) is 28.5 Å². The molecule has 2 rings (SSSR count). The minimum atomic E-state index is -0.131. The molecule has 17 heavy (non-hydrogen) atoms. The van der Waals surface area contributed by atoms with Crippen molar-refractivity contribution in [1.29, 1.82) is 0 Å². The van der Waals surface area contributed by atoms with Gasteiger partial charge in [-0.25, -0.2) is 4.98 Å². The lowest BCUT2D eigenvalue weighted by Crippen LogP contribution is -2.10. The highest BCUT2D eigenvalue weighted by Crippen LogP contribution is 2.24. The molecular weight excluding hydrogens is 282 g/mol. The van der Waals surface area contributed by atoms with E-state index in [4.69, 9.17) is 23.2 Å². The van der Waals surface area contributed by atoms with Crippen molar-refractivity contribution in [2.24, 2.45) is 0 Å². The summed E-state index contributed by atoms with van der Waals surface area (Å²) in [5.41, 5.74) is 0.361. The molecule has 0 fully saturated rings. The van der Waals surface area contributed by atoms with Crippen LogP contribution < -0.4 is 0 Å². The minimum Gasteiger partial charge on any atom is -0.330 e. The molecule has 0 unspecified atom stereocenters. The van der Waals surface area contributed by atoms with Crippen LogP contribution in [0.5, 0.6) is 0 Å². The third-order valence-electron chi connectivity index (χ3n) is 2.13. The first kappa shape index (κ1) is 14.0. The first-order valence-corrected chi connectivity index (χ1v) is 5.37. The summed E-state index contributed by atoms with van der Waals surface area (Å²) in [6.45, 7) is 0.184. The molecule has 0 bridgehead atoms. The number of nitrogens with zero attached hydrogens (tertiary/aromatic N) is 2. The number of hydrogen-bond acceptors (Lipinski definition) is 2. The number of imidazole rings is 1. The van der Waals surface area contributed by atoms with E-state index in [0.29, 0.717) is 15.6 Å². The van der Waals surface area contributed by atoms with Crippen LogP contribution in [0.15, 0.2) is 36.9 Å². The molecule has 1 aromatic carbocycles. The predicted molar refractivity (Wildman–Crippen MR) is 70.3 cm³/mol. The molecule has 0 saturated heterocycles. The molecule has 0 aliphatic carbocycles. The van der Waals surface area contributed by atoms with E-state index in [1.807, 2.05) is 0 Å². The zero-order chi connectivity index (χ0) is 11.5. The quantitative estimate of drug-likeness (QED) is 0.811. The zero-order valence-corrected chi connectivity index (χ0v) is 11.0. The largest absolute Gasteiger partial charge is 0.330 e. The molecule has 0 amide bonds. The molecule has 0 N–H and O–H groups in total. The fourth-order valence-corrected chi connectivity index (χ4v) is 2.00. The summed E-state index contributed by atoms with van der Waals surface area (Å²) >= 11 is 11.9. The maximum Gasteiger partial charge on any atom is 0.185 e. The number of halogens is 3. The minimum absolute atomic E-state index is 0. The fraction of sp³-hybridized carbons (Fsp3) is 0.0909. The molecule has 0 spiro atoms. The van der Waals surface area contributed by atoms with Gasteiger partial charge in [-0.3, -0.25) is 4.79 Å². The Morgan fingerprint density at radius 1 is 1.29 bits per heavy atom. The number of aromatic nitrogens is 2. The van der Waals surface area contributed by atoms with Gasteiger partial charge in [-0.2, -0.15) is 0 Å². The van der Waals surface area contributed by atoms with Crippen molar-refractivity contribution >= 4 is 41.4 Å². The normalized spacial score (nSPS) is 9.76. The fourth-order valence-electron chi connectivity index (χ4n) is 1.39. The van der Waals surface area contributed by atoms with E-state index in [0.717, 1.165) is 0 Å². The highest BCUT2D eigenvalue weighted by Gasteiger charge is 2.14. The van der Waals surface area contributed by atoms with Gasteiger partial charge in [-0.15, -0.1) is 12.4 Å². The van der Waals surface area contributed by atoms with Gasteiger partial charge in [-0.1, -0.05) is 29.3 Å². The van der Waals surface area contributed by atoms with E-state index < -0.39 is 0 Å².